The molecule has 2 aliphatic rings. The van der Waals surface area contributed by atoms with Crippen LogP contribution >= 0.6 is 0 Å². The van der Waals surface area contributed by atoms with Crippen molar-refractivity contribution in [2.24, 2.45) is 5.92 Å². The van der Waals surface area contributed by atoms with Crippen LogP contribution in [0.1, 0.15) is 38.2 Å². The molecule has 1 aliphatic carbocycles. The Morgan fingerprint density at radius 2 is 1.89 bits per heavy atom. The molecule has 1 aliphatic heterocycles. The van der Waals surface area contributed by atoms with Crippen molar-refractivity contribution >= 4 is 16.7 Å². The highest BCUT2D eigenvalue weighted by molar-refractivity contribution is 5.78. The van der Waals surface area contributed by atoms with Crippen molar-refractivity contribution in [3.63, 3.8) is 0 Å². The smallest absolute Gasteiger partial charge is 0.100 e. The van der Waals surface area contributed by atoms with E-state index in [4.69, 9.17) is 4.74 Å². The SMILES string of the molecule is CC(Cc1ccc2c(c1)ncn2-c1cccc(N2CCCC2)c1)OCC1CC1. The van der Waals surface area contributed by atoms with E-state index < -0.39 is 0 Å². The fourth-order valence-electron chi connectivity index (χ4n) is 4.18. The zero-order valence-corrected chi connectivity index (χ0v) is 16.7. The van der Waals surface area contributed by atoms with Crippen LogP contribution in [-0.4, -0.2) is 35.4 Å². The molecule has 1 saturated carbocycles. The molecule has 0 spiro atoms. The number of anilines is 1. The maximum absolute atomic E-state index is 5.99. The molecular weight excluding hydrogens is 346 g/mol. The number of ether oxygens (including phenoxy) is 1. The first-order chi connectivity index (χ1) is 13.8. The number of benzene rings is 2. The Morgan fingerprint density at radius 3 is 2.71 bits per heavy atom. The van der Waals surface area contributed by atoms with Crippen LogP contribution in [0.25, 0.3) is 16.7 Å². The van der Waals surface area contributed by atoms with E-state index >= 15 is 0 Å². The Hall–Kier alpha value is -2.33. The zero-order chi connectivity index (χ0) is 18.9. The minimum atomic E-state index is 0.261. The number of imidazole rings is 1. The number of hydrogen-bond donors (Lipinski definition) is 0. The molecule has 5 rings (SSSR count). The van der Waals surface area contributed by atoms with E-state index in [0.717, 1.165) is 30.0 Å². The highest BCUT2D eigenvalue weighted by Crippen LogP contribution is 2.29. The fourth-order valence-corrected chi connectivity index (χ4v) is 4.18. The van der Waals surface area contributed by atoms with E-state index in [1.807, 2.05) is 6.33 Å². The molecule has 1 atom stereocenters. The summed E-state index contributed by atoms with van der Waals surface area (Å²) in [5.74, 6) is 0.817. The van der Waals surface area contributed by atoms with Gasteiger partial charge < -0.3 is 9.64 Å². The van der Waals surface area contributed by atoms with Crippen molar-refractivity contribution in [1.82, 2.24) is 9.55 Å². The Morgan fingerprint density at radius 1 is 1.07 bits per heavy atom. The predicted octanol–water partition coefficient (Wildman–Crippen LogP) is 4.98. The lowest BCUT2D eigenvalue weighted by atomic mass is 10.1. The standard InChI is InChI=1S/C24H29N3O/c1-18(28-16-19-7-8-19)13-20-9-10-24-23(14-20)25-17-27(24)22-6-4-5-21(15-22)26-11-2-3-12-26/h4-6,9-10,14-15,17-19H,2-3,7-8,11-13,16H2,1H3. The summed E-state index contributed by atoms with van der Waals surface area (Å²) in [4.78, 5) is 7.16. The molecule has 1 saturated heterocycles. The summed E-state index contributed by atoms with van der Waals surface area (Å²) in [6.45, 7) is 5.43. The molecule has 1 aromatic heterocycles. The molecule has 0 amide bonds. The summed E-state index contributed by atoms with van der Waals surface area (Å²) >= 11 is 0. The van der Waals surface area contributed by atoms with Crippen LogP contribution in [0.5, 0.6) is 0 Å². The monoisotopic (exact) mass is 375 g/mol. The van der Waals surface area contributed by atoms with Crippen LogP contribution in [0.2, 0.25) is 0 Å². The first-order valence-electron chi connectivity index (χ1n) is 10.7. The Bertz CT molecular complexity index is 953. The summed E-state index contributed by atoms with van der Waals surface area (Å²) in [5, 5.41) is 0. The lowest BCUT2D eigenvalue weighted by Crippen LogP contribution is -2.17. The Kier molecular flexibility index (Phi) is 4.81. The lowest BCUT2D eigenvalue weighted by Gasteiger charge is -2.18. The van der Waals surface area contributed by atoms with Gasteiger partial charge in [-0.3, -0.25) is 4.57 Å². The third kappa shape index (κ3) is 3.79. The predicted molar refractivity (Wildman–Crippen MR) is 114 cm³/mol. The van der Waals surface area contributed by atoms with Crippen LogP contribution in [0.4, 0.5) is 5.69 Å². The molecule has 2 heterocycles. The second-order valence-corrected chi connectivity index (χ2v) is 8.44. The summed E-state index contributed by atoms with van der Waals surface area (Å²) in [6, 6.07) is 15.5. The molecule has 28 heavy (non-hydrogen) atoms. The van der Waals surface area contributed by atoms with Gasteiger partial charge in [0.15, 0.2) is 0 Å². The molecule has 2 fully saturated rings. The molecule has 0 radical (unpaired) electrons. The molecule has 4 nitrogen and oxygen atoms in total. The van der Waals surface area contributed by atoms with Gasteiger partial charge in [0.2, 0.25) is 0 Å². The fraction of sp³-hybridized carbons (Fsp3) is 0.458. The number of nitrogens with zero attached hydrogens (tertiary/aromatic N) is 3. The average molecular weight is 376 g/mol. The van der Waals surface area contributed by atoms with Crippen LogP contribution in [0, 0.1) is 5.92 Å². The summed E-state index contributed by atoms with van der Waals surface area (Å²) in [7, 11) is 0. The van der Waals surface area contributed by atoms with Gasteiger partial charge >= 0.3 is 0 Å². The largest absolute Gasteiger partial charge is 0.378 e. The minimum absolute atomic E-state index is 0.261. The number of hydrogen-bond acceptors (Lipinski definition) is 3. The van der Waals surface area contributed by atoms with Crippen molar-refractivity contribution in [1.29, 1.82) is 0 Å². The van der Waals surface area contributed by atoms with Gasteiger partial charge in [-0.05, 0) is 80.8 Å². The number of rotatable bonds is 7. The van der Waals surface area contributed by atoms with Gasteiger partial charge in [0, 0.05) is 31.1 Å². The lowest BCUT2D eigenvalue weighted by molar-refractivity contribution is 0.0587. The first kappa shape index (κ1) is 17.7. The molecule has 0 N–H and O–H groups in total. The van der Waals surface area contributed by atoms with Gasteiger partial charge in [-0.15, -0.1) is 0 Å². The normalized spacial score (nSPS) is 18.1. The second kappa shape index (κ2) is 7.59. The van der Waals surface area contributed by atoms with Crippen molar-refractivity contribution in [2.75, 3.05) is 24.6 Å². The molecule has 3 aromatic rings. The Labute approximate surface area is 167 Å². The van der Waals surface area contributed by atoms with E-state index in [1.165, 1.54) is 55.7 Å². The maximum Gasteiger partial charge on any atom is 0.100 e. The quantitative estimate of drug-likeness (QED) is 0.583. The van der Waals surface area contributed by atoms with Crippen molar-refractivity contribution in [3.05, 3.63) is 54.4 Å². The van der Waals surface area contributed by atoms with Gasteiger partial charge in [-0.2, -0.15) is 0 Å². The van der Waals surface area contributed by atoms with Gasteiger partial charge in [0.1, 0.15) is 6.33 Å². The van der Waals surface area contributed by atoms with Gasteiger partial charge in [-0.1, -0.05) is 12.1 Å². The van der Waals surface area contributed by atoms with E-state index in [9.17, 15) is 0 Å². The zero-order valence-electron chi connectivity index (χ0n) is 16.7. The van der Waals surface area contributed by atoms with Crippen molar-refractivity contribution in [2.45, 2.75) is 45.1 Å². The van der Waals surface area contributed by atoms with Crippen LogP contribution in [-0.2, 0) is 11.2 Å². The van der Waals surface area contributed by atoms with E-state index in [-0.39, 0.29) is 6.10 Å². The van der Waals surface area contributed by atoms with Gasteiger partial charge in [0.25, 0.3) is 0 Å². The second-order valence-electron chi connectivity index (χ2n) is 8.44. The minimum Gasteiger partial charge on any atom is -0.378 e. The summed E-state index contributed by atoms with van der Waals surface area (Å²) < 4.78 is 8.19. The highest BCUT2D eigenvalue weighted by Gasteiger charge is 2.22. The van der Waals surface area contributed by atoms with Gasteiger partial charge in [-0.25, -0.2) is 4.98 Å². The highest BCUT2D eigenvalue weighted by atomic mass is 16.5. The summed E-state index contributed by atoms with van der Waals surface area (Å²) in [6.07, 6.45) is 8.43. The topological polar surface area (TPSA) is 30.3 Å². The molecule has 2 aromatic carbocycles. The molecule has 1 unspecified atom stereocenters. The van der Waals surface area contributed by atoms with E-state index in [2.05, 4.69) is 63.8 Å². The summed E-state index contributed by atoms with van der Waals surface area (Å²) in [5.41, 5.74) is 6.01. The molecule has 0 bridgehead atoms. The van der Waals surface area contributed by atoms with E-state index in [0.29, 0.717) is 0 Å². The first-order valence-corrected chi connectivity index (χ1v) is 10.7. The molecule has 4 heteroatoms. The third-order valence-corrected chi connectivity index (χ3v) is 6.03. The van der Waals surface area contributed by atoms with Gasteiger partial charge in [0.05, 0.1) is 17.1 Å². The van der Waals surface area contributed by atoms with Crippen molar-refractivity contribution in [3.8, 4) is 5.69 Å². The third-order valence-electron chi connectivity index (χ3n) is 6.03. The molecular formula is C24H29N3O. The van der Waals surface area contributed by atoms with Crippen LogP contribution < -0.4 is 4.90 Å². The number of fused-ring (bicyclic) bond motifs is 1. The molecule has 146 valence electrons. The maximum atomic E-state index is 5.99. The number of aromatic nitrogens is 2. The average Bonchev–Trinajstić information content (AvgIpc) is 3.21. The Balaban J connectivity index is 1.35. The van der Waals surface area contributed by atoms with Crippen LogP contribution in [0.3, 0.4) is 0 Å². The van der Waals surface area contributed by atoms with Crippen molar-refractivity contribution < 1.29 is 4.74 Å². The van der Waals surface area contributed by atoms with E-state index in [1.54, 1.807) is 0 Å². The van der Waals surface area contributed by atoms with Crippen LogP contribution in [0.15, 0.2) is 48.8 Å².